The molecule has 0 amide bonds. The van der Waals surface area contributed by atoms with Crippen molar-refractivity contribution < 1.29 is 26.2 Å². The van der Waals surface area contributed by atoms with Gasteiger partial charge in [0.1, 0.15) is 0 Å². The standard InChI is InChI=1S/2C9H18.4CH3.Zr/c2*1-2-3-6-9-7-4-5-8-9;;;;;/h2*9H,2-8H2,1H3;4*1H3;/q;;4*-1;+4. The number of rotatable bonds is 6. The Morgan fingerprint density at radius 2 is 0.826 bits per heavy atom. The number of unbranched alkanes of at least 4 members (excludes halogenated alkanes) is 2. The molecule has 0 heterocycles. The monoisotopic (exact) mass is 402 g/mol. The molecule has 0 saturated heterocycles. The van der Waals surface area contributed by atoms with Crippen LogP contribution in [0.15, 0.2) is 0 Å². The first-order valence-electron chi connectivity index (χ1n) is 8.86. The van der Waals surface area contributed by atoms with Gasteiger partial charge in [-0.1, -0.05) is 104 Å². The van der Waals surface area contributed by atoms with Crippen molar-refractivity contribution in [3.05, 3.63) is 29.7 Å². The fraction of sp³-hybridized carbons (Fsp3) is 0.818. The second kappa shape index (κ2) is 25.1. The molecule has 2 fully saturated rings. The molecule has 0 aromatic rings. The van der Waals surface area contributed by atoms with Gasteiger partial charge in [0.2, 0.25) is 0 Å². The van der Waals surface area contributed by atoms with Crippen LogP contribution in [0.3, 0.4) is 0 Å². The summed E-state index contributed by atoms with van der Waals surface area (Å²) in [6.45, 7) is 4.57. The smallest absolute Gasteiger partial charge is 0.358 e. The predicted octanol–water partition coefficient (Wildman–Crippen LogP) is 8.53. The largest absolute Gasteiger partial charge is 4.00 e. The van der Waals surface area contributed by atoms with Crippen LogP contribution in [0.25, 0.3) is 0 Å². The van der Waals surface area contributed by atoms with Gasteiger partial charge >= 0.3 is 26.2 Å². The van der Waals surface area contributed by atoms with Gasteiger partial charge in [-0.15, -0.1) is 0 Å². The van der Waals surface area contributed by atoms with E-state index in [2.05, 4.69) is 13.8 Å². The van der Waals surface area contributed by atoms with Crippen LogP contribution in [0.5, 0.6) is 0 Å². The average Bonchev–Trinajstić information content (AvgIpc) is 3.07. The molecule has 23 heavy (non-hydrogen) atoms. The molecule has 0 spiro atoms. The van der Waals surface area contributed by atoms with E-state index in [4.69, 9.17) is 0 Å². The molecular formula is C22H48Zr. The van der Waals surface area contributed by atoms with Crippen molar-refractivity contribution in [1.29, 1.82) is 0 Å². The number of hydrogen-bond donors (Lipinski definition) is 0. The molecule has 2 rings (SSSR count). The summed E-state index contributed by atoms with van der Waals surface area (Å²) in [6.07, 6.45) is 20.9. The van der Waals surface area contributed by atoms with E-state index in [-0.39, 0.29) is 55.9 Å². The van der Waals surface area contributed by atoms with Crippen molar-refractivity contribution in [2.45, 2.75) is 104 Å². The van der Waals surface area contributed by atoms with Crippen molar-refractivity contribution in [3.8, 4) is 0 Å². The first-order valence-corrected chi connectivity index (χ1v) is 8.86. The molecular weight excluding hydrogens is 355 g/mol. The van der Waals surface area contributed by atoms with Gasteiger partial charge in [0.05, 0.1) is 0 Å². The average molecular weight is 404 g/mol. The van der Waals surface area contributed by atoms with Crippen LogP contribution >= 0.6 is 0 Å². The molecule has 1 heteroatoms. The Kier molecular flexibility index (Phi) is 38.3. The second-order valence-corrected chi connectivity index (χ2v) is 6.59. The Hall–Kier alpha value is 0.883. The third-order valence-electron chi connectivity index (χ3n) is 4.88. The summed E-state index contributed by atoms with van der Waals surface area (Å²) in [5.74, 6) is 2.23. The first-order chi connectivity index (χ1) is 8.86. The van der Waals surface area contributed by atoms with Gasteiger partial charge in [-0.3, -0.25) is 0 Å². The quantitative estimate of drug-likeness (QED) is 0.390. The minimum atomic E-state index is 0. The molecule has 0 nitrogen and oxygen atoms in total. The van der Waals surface area contributed by atoms with Gasteiger partial charge in [0.25, 0.3) is 0 Å². The van der Waals surface area contributed by atoms with E-state index in [1.54, 1.807) is 0 Å². The van der Waals surface area contributed by atoms with Gasteiger partial charge in [-0.25, -0.2) is 0 Å². The first kappa shape index (κ1) is 35.1. The van der Waals surface area contributed by atoms with Gasteiger partial charge < -0.3 is 29.7 Å². The predicted molar refractivity (Wildman–Crippen MR) is 109 cm³/mol. The van der Waals surface area contributed by atoms with Crippen molar-refractivity contribution in [1.82, 2.24) is 0 Å². The Labute approximate surface area is 171 Å². The molecule has 0 bridgehead atoms. The number of hydrogen-bond acceptors (Lipinski definition) is 0. The molecule has 2 saturated carbocycles. The van der Waals surface area contributed by atoms with Crippen LogP contribution in [-0.2, 0) is 26.2 Å². The van der Waals surface area contributed by atoms with Gasteiger partial charge in [-0.2, -0.15) is 0 Å². The SMILES string of the molecule is CCCCC1CCCC1.CCCCC1CCCC1.[CH3-].[CH3-].[CH3-].[CH3-].[Zr+4]. The van der Waals surface area contributed by atoms with E-state index < -0.39 is 0 Å². The summed E-state index contributed by atoms with van der Waals surface area (Å²) in [6, 6.07) is 0. The van der Waals surface area contributed by atoms with Crippen LogP contribution in [-0.4, -0.2) is 0 Å². The maximum Gasteiger partial charge on any atom is 4.00 e. The zero-order valence-corrected chi connectivity index (χ0v) is 20.0. The van der Waals surface area contributed by atoms with E-state index >= 15 is 0 Å². The molecule has 2 aliphatic rings. The van der Waals surface area contributed by atoms with Crippen molar-refractivity contribution in [2.24, 2.45) is 11.8 Å². The van der Waals surface area contributed by atoms with Crippen LogP contribution in [0.4, 0.5) is 0 Å². The molecule has 140 valence electrons. The zero-order valence-electron chi connectivity index (χ0n) is 17.6. The van der Waals surface area contributed by atoms with Crippen molar-refractivity contribution >= 4 is 0 Å². The molecule has 0 radical (unpaired) electrons. The van der Waals surface area contributed by atoms with E-state index in [1.807, 2.05) is 0 Å². The third-order valence-corrected chi connectivity index (χ3v) is 4.88. The van der Waals surface area contributed by atoms with E-state index in [1.165, 1.54) is 89.9 Å². The fourth-order valence-corrected chi connectivity index (χ4v) is 3.58. The summed E-state index contributed by atoms with van der Waals surface area (Å²) in [7, 11) is 0. The van der Waals surface area contributed by atoms with Gasteiger partial charge in [-0.05, 0) is 11.8 Å². The Morgan fingerprint density at radius 1 is 0.565 bits per heavy atom. The topological polar surface area (TPSA) is 0 Å². The van der Waals surface area contributed by atoms with Crippen LogP contribution in [0, 0.1) is 41.5 Å². The molecule has 0 aromatic carbocycles. The molecule has 0 aliphatic heterocycles. The minimum absolute atomic E-state index is 0. The van der Waals surface area contributed by atoms with Crippen molar-refractivity contribution in [2.75, 3.05) is 0 Å². The maximum atomic E-state index is 2.29. The van der Waals surface area contributed by atoms with Gasteiger partial charge in [0.15, 0.2) is 0 Å². The van der Waals surface area contributed by atoms with E-state index in [9.17, 15) is 0 Å². The summed E-state index contributed by atoms with van der Waals surface area (Å²) < 4.78 is 0. The van der Waals surface area contributed by atoms with E-state index in [0.717, 1.165) is 11.8 Å². The van der Waals surface area contributed by atoms with E-state index in [0.29, 0.717) is 0 Å². The Balaban J connectivity index is -0.0000000771. The molecule has 2 aliphatic carbocycles. The molecule has 0 aromatic heterocycles. The molecule has 0 atom stereocenters. The van der Waals surface area contributed by atoms with Crippen molar-refractivity contribution in [3.63, 3.8) is 0 Å². The van der Waals surface area contributed by atoms with Gasteiger partial charge in [0, 0.05) is 0 Å². The fourth-order valence-electron chi connectivity index (χ4n) is 3.58. The third kappa shape index (κ3) is 19.1. The summed E-state index contributed by atoms with van der Waals surface area (Å²) in [5.41, 5.74) is 0. The second-order valence-electron chi connectivity index (χ2n) is 6.59. The normalized spacial score (nSPS) is 16.4. The Bertz CT molecular complexity index is 147. The molecule has 0 unspecified atom stereocenters. The zero-order chi connectivity index (χ0) is 13.1. The van der Waals surface area contributed by atoms with Crippen LogP contribution in [0.1, 0.15) is 104 Å². The summed E-state index contributed by atoms with van der Waals surface area (Å²) in [5, 5.41) is 0. The molecule has 0 N–H and O–H groups in total. The summed E-state index contributed by atoms with van der Waals surface area (Å²) >= 11 is 0. The minimum Gasteiger partial charge on any atom is -0.358 e. The Morgan fingerprint density at radius 3 is 1.04 bits per heavy atom. The maximum absolute atomic E-state index is 2.29. The van der Waals surface area contributed by atoms with Crippen LogP contribution < -0.4 is 0 Å². The summed E-state index contributed by atoms with van der Waals surface area (Å²) in [4.78, 5) is 0. The van der Waals surface area contributed by atoms with Crippen LogP contribution in [0.2, 0.25) is 0 Å².